The number of sulfonamides is 1. The van der Waals surface area contributed by atoms with Crippen molar-refractivity contribution >= 4 is 21.1 Å². The second-order valence-corrected chi connectivity index (χ2v) is 7.43. The third kappa shape index (κ3) is 4.15. The number of nitrogens with zero attached hydrogens (tertiary/aromatic N) is 1. The lowest BCUT2D eigenvalue weighted by Crippen LogP contribution is -2.28. The molecule has 0 spiro atoms. The van der Waals surface area contributed by atoms with Gasteiger partial charge in [-0.05, 0) is 43.3 Å². The zero-order chi connectivity index (χ0) is 19.4. The number of ether oxygens (including phenoxy) is 2. The molecule has 0 saturated carbocycles. The van der Waals surface area contributed by atoms with Crippen molar-refractivity contribution in [2.75, 3.05) is 20.3 Å². The molecule has 0 fully saturated rings. The van der Waals surface area contributed by atoms with E-state index in [-0.39, 0.29) is 23.6 Å². The Morgan fingerprint density at radius 2 is 1.81 bits per heavy atom. The Bertz CT molecular complexity index is 1080. The Hall–Kier alpha value is -2.78. The Labute approximate surface area is 156 Å². The average Bonchev–Trinajstić information content (AvgIpc) is 2.99. The maximum Gasteiger partial charge on any atom is 0.419 e. The van der Waals surface area contributed by atoms with Gasteiger partial charge in [0.1, 0.15) is 18.1 Å². The van der Waals surface area contributed by atoms with Gasteiger partial charge in [0.05, 0.1) is 17.5 Å². The molecule has 0 unspecified atom stereocenters. The number of nitrogens with one attached hydrogen (secondary N) is 1. The van der Waals surface area contributed by atoms with Crippen LogP contribution in [0.5, 0.6) is 11.5 Å². The van der Waals surface area contributed by atoms with Crippen LogP contribution in [0.1, 0.15) is 6.92 Å². The number of hydrogen-bond acceptors (Lipinski definition) is 6. The fourth-order valence-corrected chi connectivity index (χ4v) is 3.64. The highest BCUT2D eigenvalue weighted by atomic mass is 32.2. The highest BCUT2D eigenvalue weighted by molar-refractivity contribution is 7.89. The predicted octanol–water partition coefficient (Wildman–Crippen LogP) is 1.98. The SMILES string of the molecule is CCn1c(=O)oc2cc(S(=O)(=O)NCCOc3ccc(OC)cc3)ccc21. The molecule has 27 heavy (non-hydrogen) atoms. The number of oxazole rings is 1. The minimum absolute atomic E-state index is 0.0245. The van der Waals surface area contributed by atoms with E-state index in [0.717, 1.165) is 0 Å². The van der Waals surface area contributed by atoms with Crippen LogP contribution in [0, 0.1) is 0 Å². The summed E-state index contributed by atoms with van der Waals surface area (Å²) in [5.41, 5.74) is 0.795. The van der Waals surface area contributed by atoms with Crippen LogP contribution in [0.2, 0.25) is 0 Å². The number of aryl methyl sites for hydroxylation is 1. The van der Waals surface area contributed by atoms with Gasteiger partial charge in [0.15, 0.2) is 5.58 Å². The summed E-state index contributed by atoms with van der Waals surface area (Å²) >= 11 is 0. The molecule has 8 nitrogen and oxygen atoms in total. The molecule has 0 amide bonds. The first kappa shape index (κ1) is 19.0. The molecular weight excluding hydrogens is 372 g/mol. The van der Waals surface area contributed by atoms with Gasteiger partial charge in [-0.3, -0.25) is 4.57 Å². The van der Waals surface area contributed by atoms with Crippen LogP contribution >= 0.6 is 0 Å². The Balaban J connectivity index is 1.64. The maximum atomic E-state index is 12.4. The molecule has 144 valence electrons. The molecule has 0 aliphatic rings. The molecule has 3 rings (SSSR count). The molecule has 0 aliphatic carbocycles. The van der Waals surface area contributed by atoms with E-state index < -0.39 is 15.8 Å². The molecule has 2 aromatic carbocycles. The van der Waals surface area contributed by atoms with Crippen molar-refractivity contribution in [3.05, 3.63) is 53.0 Å². The number of rotatable bonds is 8. The third-order valence-electron chi connectivity index (χ3n) is 3.99. The smallest absolute Gasteiger partial charge is 0.419 e. The van der Waals surface area contributed by atoms with Gasteiger partial charge >= 0.3 is 5.76 Å². The molecular formula is C18H20N2O6S. The summed E-state index contributed by atoms with van der Waals surface area (Å²) in [6.45, 7) is 2.51. The highest BCUT2D eigenvalue weighted by Crippen LogP contribution is 2.19. The van der Waals surface area contributed by atoms with Crippen LogP contribution in [0.15, 0.2) is 56.6 Å². The third-order valence-corrected chi connectivity index (χ3v) is 5.45. The van der Waals surface area contributed by atoms with Gasteiger partial charge in [0.25, 0.3) is 0 Å². The summed E-state index contributed by atoms with van der Waals surface area (Å²) in [7, 11) is -2.17. The summed E-state index contributed by atoms with van der Waals surface area (Å²) in [6, 6.07) is 11.3. The second-order valence-electron chi connectivity index (χ2n) is 5.66. The van der Waals surface area contributed by atoms with Crippen LogP contribution in [0.4, 0.5) is 0 Å². The van der Waals surface area contributed by atoms with Gasteiger partial charge in [-0.2, -0.15) is 0 Å². The quantitative estimate of drug-likeness (QED) is 0.589. The van der Waals surface area contributed by atoms with E-state index >= 15 is 0 Å². The molecule has 0 radical (unpaired) electrons. The number of benzene rings is 2. The van der Waals surface area contributed by atoms with Crippen molar-refractivity contribution < 1.29 is 22.3 Å². The van der Waals surface area contributed by atoms with Gasteiger partial charge in [0, 0.05) is 19.2 Å². The molecule has 1 heterocycles. The van der Waals surface area contributed by atoms with Crippen LogP contribution in [0.25, 0.3) is 11.1 Å². The van der Waals surface area contributed by atoms with E-state index in [0.29, 0.717) is 23.6 Å². The standard InChI is InChI=1S/C18H20N2O6S/c1-3-20-16-9-8-15(12-17(16)26-18(20)21)27(22,23)19-10-11-25-14-6-4-13(24-2)5-7-14/h4-9,12,19H,3,10-11H2,1-2H3. The topological polar surface area (TPSA) is 99.8 Å². The normalized spacial score (nSPS) is 11.6. The summed E-state index contributed by atoms with van der Waals surface area (Å²) in [6.07, 6.45) is 0. The van der Waals surface area contributed by atoms with Crippen molar-refractivity contribution in [2.45, 2.75) is 18.4 Å². The largest absolute Gasteiger partial charge is 0.497 e. The van der Waals surface area contributed by atoms with Gasteiger partial charge in [-0.25, -0.2) is 17.9 Å². The zero-order valence-electron chi connectivity index (χ0n) is 15.0. The van der Waals surface area contributed by atoms with Gasteiger partial charge in [-0.1, -0.05) is 0 Å². The van der Waals surface area contributed by atoms with Crippen molar-refractivity contribution in [3.63, 3.8) is 0 Å². The van der Waals surface area contributed by atoms with E-state index in [2.05, 4.69) is 4.72 Å². The van der Waals surface area contributed by atoms with Crippen molar-refractivity contribution in [3.8, 4) is 11.5 Å². The Morgan fingerprint density at radius 1 is 1.11 bits per heavy atom. The predicted molar refractivity (Wildman–Crippen MR) is 99.8 cm³/mol. The Morgan fingerprint density at radius 3 is 2.48 bits per heavy atom. The summed E-state index contributed by atoms with van der Waals surface area (Å²) in [5, 5.41) is 0. The first-order chi connectivity index (χ1) is 12.9. The average molecular weight is 392 g/mol. The second kappa shape index (κ2) is 7.85. The van der Waals surface area contributed by atoms with E-state index in [1.807, 2.05) is 6.92 Å². The lowest BCUT2D eigenvalue weighted by atomic mass is 10.3. The number of aromatic nitrogens is 1. The van der Waals surface area contributed by atoms with Crippen molar-refractivity contribution in [1.82, 2.24) is 9.29 Å². The lowest BCUT2D eigenvalue weighted by molar-refractivity contribution is 0.322. The van der Waals surface area contributed by atoms with Crippen LogP contribution in [-0.4, -0.2) is 33.2 Å². The van der Waals surface area contributed by atoms with Crippen LogP contribution in [0.3, 0.4) is 0 Å². The molecule has 1 N–H and O–H groups in total. The zero-order valence-corrected chi connectivity index (χ0v) is 15.8. The van der Waals surface area contributed by atoms with Gasteiger partial charge in [-0.15, -0.1) is 0 Å². The molecule has 0 bridgehead atoms. The fourth-order valence-electron chi connectivity index (χ4n) is 2.61. The van der Waals surface area contributed by atoms with Crippen molar-refractivity contribution in [1.29, 1.82) is 0 Å². The maximum absolute atomic E-state index is 12.4. The number of methoxy groups -OCH3 is 1. The number of fused-ring (bicyclic) bond motifs is 1. The van der Waals surface area contributed by atoms with Gasteiger partial charge < -0.3 is 13.9 Å². The molecule has 0 saturated heterocycles. The van der Waals surface area contributed by atoms with Gasteiger partial charge in [0.2, 0.25) is 10.0 Å². The lowest BCUT2D eigenvalue weighted by Gasteiger charge is -2.09. The molecule has 3 aromatic rings. The first-order valence-corrected chi connectivity index (χ1v) is 9.83. The first-order valence-electron chi connectivity index (χ1n) is 8.34. The highest BCUT2D eigenvalue weighted by Gasteiger charge is 2.17. The van der Waals surface area contributed by atoms with E-state index in [4.69, 9.17) is 13.9 Å². The minimum Gasteiger partial charge on any atom is -0.497 e. The number of hydrogen-bond donors (Lipinski definition) is 1. The van der Waals surface area contributed by atoms with Crippen LogP contribution in [-0.2, 0) is 16.6 Å². The summed E-state index contributed by atoms with van der Waals surface area (Å²) in [4.78, 5) is 11.7. The summed E-state index contributed by atoms with van der Waals surface area (Å²) < 4.78 is 44.4. The molecule has 1 aromatic heterocycles. The van der Waals surface area contributed by atoms with E-state index in [1.54, 1.807) is 37.4 Å². The molecule has 0 atom stereocenters. The minimum atomic E-state index is -3.75. The monoisotopic (exact) mass is 392 g/mol. The fraction of sp³-hybridized carbons (Fsp3) is 0.278. The Kier molecular flexibility index (Phi) is 5.52. The van der Waals surface area contributed by atoms with Crippen LogP contribution < -0.4 is 20.0 Å². The van der Waals surface area contributed by atoms with E-state index in [1.165, 1.54) is 16.7 Å². The molecule has 9 heteroatoms. The van der Waals surface area contributed by atoms with E-state index in [9.17, 15) is 13.2 Å². The summed E-state index contributed by atoms with van der Waals surface area (Å²) in [5.74, 6) is 0.809. The molecule has 0 aliphatic heterocycles. The van der Waals surface area contributed by atoms with Crippen molar-refractivity contribution in [2.24, 2.45) is 0 Å².